The Labute approximate surface area is 286 Å². The molecule has 49 heavy (non-hydrogen) atoms. The molecule has 4 saturated heterocycles. The lowest BCUT2D eigenvalue weighted by atomic mass is 10.00. The highest BCUT2D eigenvalue weighted by Gasteiger charge is 2.43. The van der Waals surface area contributed by atoms with Crippen LogP contribution < -0.4 is 9.80 Å². The fraction of sp³-hybridized carbons (Fsp3) is 0.459. The molecule has 0 saturated carbocycles. The molecule has 0 aliphatic carbocycles. The molecule has 0 N–H and O–H groups in total. The van der Waals surface area contributed by atoms with Crippen molar-refractivity contribution < 1.29 is 38.4 Å². The van der Waals surface area contributed by atoms with Gasteiger partial charge in [0.15, 0.2) is 0 Å². The van der Waals surface area contributed by atoms with Gasteiger partial charge < -0.3 is 0 Å². The zero-order valence-electron chi connectivity index (χ0n) is 28.0. The SMILES string of the molecule is C.CC1C(=O)N(Cc2cccc(CN3C(=O)C(C)C(C)C3=O)c2)C(=O)C1C.CC1CC(=O)N(c2cccc(N3C(=O)CC(C)C3=O)c2)C1=O. The van der Waals surface area contributed by atoms with Gasteiger partial charge in [-0.2, -0.15) is 0 Å². The van der Waals surface area contributed by atoms with Gasteiger partial charge in [0.25, 0.3) is 0 Å². The quantitative estimate of drug-likeness (QED) is 0.417. The van der Waals surface area contributed by atoms with Gasteiger partial charge in [0, 0.05) is 48.3 Å². The zero-order chi connectivity index (χ0) is 35.2. The van der Waals surface area contributed by atoms with Gasteiger partial charge >= 0.3 is 0 Å². The molecule has 4 fully saturated rings. The van der Waals surface area contributed by atoms with Crippen LogP contribution in [0.2, 0.25) is 0 Å². The molecule has 6 unspecified atom stereocenters. The number of hydrogen-bond donors (Lipinski definition) is 0. The zero-order valence-corrected chi connectivity index (χ0v) is 28.0. The van der Waals surface area contributed by atoms with E-state index >= 15 is 0 Å². The molecule has 12 heteroatoms. The summed E-state index contributed by atoms with van der Waals surface area (Å²) in [5, 5.41) is 0. The summed E-state index contributed by atoms with van der Waals surface area (Å²) in [4.78, 5) is 102. The van der Waals surface area contributed by atoms with Gasteiger partial charge in [-0.05, 0) is 29.3 Å². The van der Waals surface area contributed by atoms with Crippen molar-refractivity contribution >= 4 is 58.6 Å². The first-order valence-electron chi connectivity index (χ1n) is 16.2. The number of carbonyl (C=O) groups excluding carboxylic acids is 8. The van der Waals surface area contributed by atoms with Gasteiger partial charge in [-0.25, -0.2) is 0 Å². The third kappa shape index (κ3) is 6.81. The number of imide groups is 4. The molecular weight excluding hydrogens is 628 g/mol. The maximum absolute atomic E-state index is 12.3. The van der Waals surface area contributed by atoms with E-state index in [2.05, 4.69) is 0 Å². The largest absolute Gasteiger partial charge is 0.278 e. The Kier molecular flexibility index (Phi) is 10.7. The highest BCUT2D eigenvalue weighted by molar-refractivity contribution is 6.23. The molecule has 2 aromatic rings. The van der Waals surface area contributed by atoms with Crippen molar-refractivity contribution in [3.05, 3.63) is 59.7 Å². The van der Waals surface area contributed by atoms with E-state index in [1.165, 1.54) is 9.80 Å². The molecule has 0 bridgehead atoms. The molecule has 0 radical (unpaired) electrons. The number of likely N-dealkylation sites (tertiary alicyclic amines) is 2. The van der Waals surface area contributed by atoms with Crippen molar-refractivity contribution in [2.24, 2.45) is 35.5 Å². The fourth-order valence-corrected chi connectivity index (χ4v) is 6.44. The number of nitrogens with zero attached hydrogens (tertiary/aromatic N) is 4. The summed E-state index contributed by atoms with van der Waals surface area (Å²) in [5.74, 6) is -3.52. The fourth-order valence-electron chi connectivity index (χ4n) is 6.44. The minimum atomic E-state index is -0.341. The normalized spacial score (nSPS) is 27.0. The average molecular weight is 673 g/mol. The Morgan fingerprint density at radius 2 is 0.816 bits per heavy atom. The molecule has 0 spiro atoms. The number of rotatable bonds is 6. The van der Waals surface area contributed by atoms with Crippen molar-refractivity contribution in [3.63, 3.8) is 0 Å². The van der Waals surface area contributed by atoms with E-state index in [-0.39, 0.29) is 116 Å². The summed E-state index contributed by atoms with van der Waals surface area (Å²) in [6.45, 7) is 10.9. The Bertz CT molecular complexity index is 1580. The van der Waals surface area contributed by atoms with Crippen LogP contribution in [0.4, 0.5) is 11.4 Å². The summed E-state index contributed by atoms with van der Waals surface area (Å²) in [5.41, 5.74) is 2.42. The van der Waals surface area contributed by atoms with E-state index in [9.17, 15) is 38.4 Å². The van der Waals surface area contributed by atoms with E-state index < -0.39 is 0 Å². The van der Waals surface area contributed by atoms with Gasteiger partial charge in [-0.3, -0.25) is 58.0 Å². The first-order valence-corrected chi connectivity index (χ1v) is 16.2. The minimum absolute atomic E-state index is 0. The van der Waals surface area contributed by atoms with Gasteiger partial charge in [0.05, 0.1) is 24.5 Å². The highest BCUT2D eigenvalue weighted by atomic mass is 16.2. The van der Waals surface area contributed by atoms with E-state index in [4.69, 9.17) is 0 Å². The average Bonchev–Trinajstić information content (AvgIpc) is 3.61. The predicted octanol–water partition coefficient (Wildman–Crippen LogP) is 4.09. The Morgan fingerprint density at radius 3 is 1.12 bits per heavy atom. The van der Waals surface area contributed by atoms with Gasteiger partial charge in [0.2, 0.25) is 47.3 Å². The lowest BCUT2D eigenvalue weighted by molar-refractivity contribution is -0.141. The van der Waals surface area contributed by atoms with Crippen molar-refractivity contribution in [1.29, 1.82) is 0 Å². The van der Waals surface area contributed by atoms with E-state index in [1.807, 2.05) is 24.3 Å². The van der Waals surface area contributed by atoms with E-state index in [1.54, 1.807) is 65.8 Å². The van der Waals surface area contributed by atoms with Crippen molar-refractivity contribution in [3.8, 4) is 0 Å². The molecule has 12 nitrogen and oxygen atoms in total. The summed E-state index contributed by atoms with van der Waals surface area (Å²) in [6, 6.07) is 13.8. The maximum atomic E-state index is 12.3. The van der Waals surface area contributed by atoms with Crippen LogP contribution in [0, 0.1) is 35.5 Å². The van der Waals surface area contributed by atoms with E-state index in [0.717, 1.165) is 20.9 Å². The van der Waals surface area contributed by atoms with Crippen LogP contribution in [-0.2, 0) is 51.4 Å². The van der Waals surface area contributed by atoms with Crippen molar-refractivity contribution in [1.82, 2.24) is 9.80 Å². The third-order valence-electron chi connectivity index (χ3n) is 9.89. The third-order valence-corrected chi connectivity index (χ3v) is 9.89. The van der Waals surface area contributed by atoms with Crippen LogP contribution in [0.5, 0.6) is 0 Å². The number of anilines is 2. The van der Waals surface area contributed by atoms with Crippen LogP contribution in [0.3, 0.4) is 0 Å². The van der Waals surface area contributed by atoms with E-state index in [0.29, 0.717) is 11.4 Å². The van der Waals surface area contributed by atoms with Crippen LogP contribution in [0.1, 0.15) is 72.9 Å². The molecule has 2 aromatic carbocycles. The lowest BCUT2D eigenvalue weighted by Gasteiger charge is -2.19. The van der Waals surface area contributed by atoms with Crippen LogP contribution in [0.25, 0.3) is 0 Å². The Hall–Kier alpha value is -5.00. The summed E-state index contributed by atoms with van der Waals surface area (Å²) < 4.78 is 0. The first kappa shape index (κ1) is 36.8. The number of benzene rings is 2. The Balaban J connectivity index is 0.000000219. The summed E-state index contributed by atoms with van der Waals surface area (Å²) in [6.07, 6.45) is 0.364. The lowest BCUT2D eigenvalue weighted by Crippen LogP contribution is -2.32. The molecule has 6 rings (SSSR count). The Morgan fingerprint density at radius 1 is 0.490 bits per heavy atom. The topological polar surface area (TPSA) is 150 Å². The number of carbonyl (C=O) groups is 8. The molecule has 4 heterocycles. The monoisotopic (exact) mass is 672 g/mol. The van der Waals surface area contributed by atoms with Crippen LogP contribution in [-0.4, -0.2) is 57.1 Å². The summed E-state index contributed by atoms with van der Waals surface area (Å²) in [7, 11) is 0. The van der Waals surface area contributed by atoms with Crippen LogP contribution >= 0.6 is 0 Å². The smallest absolute Gasteiger partial charge is 0.237 e. The molecule has 0 aromatic heterocycles. The van der Waals surface area contributed by atoms with Crippen molar-refractivity contribution in [2.75, 3.05) is 9.80 Å². The van der Waals surface area contributed by atoms with Gasteiger partial charge in [-0.1, -0.05) is 79.3 Å². The molecule has 4 aliphatic rings. The molecule has 260 valence electrons. The van der Waals surface area contributed by atoms with Crippen molar-refractivity contribution in [2.45, 2.75) is 74.9 Å². The first-order chi connectivity index (χ1) is 22.6. The second-order valence-corrected chi connectivity index (χ2v) is 13.4. The number of hydrogen-bond acceptors (Lipinski definition) is 8. The second kappa shape index (κ2) is 14.2. The number of amides is 8. The minimum Gasteiger partial charge on any atom is -0.278 e. The van der Waals surface area contributed by atoms with Gasteiger partial charge in [0.1, 0.15) is 0 Å². The molecule has 4 aliphatic heterocycles. The molecule has 6 atom stereocenters. The van der Waals surface area contributed by atoms with Crippen LogP contribution in [0.15, 0.2) is 48.5 Å². The molecular formula is C37H44N4O8. The summed E-state index contributed by atoms with van der Waals surface area (Å²) >= 11 is 0. The highest BCUT2D eigenvalue weighted by Crippen LogP contribution is 2.33. The second-order valence-electron chi connectivity index (χ2n) is 13.4. The molecule has 8 amide bonds. The predicted molar refractivity (Wildman–Crippen MR) is 180 cm³/mol. The standard InChI is InChI=1S/C20H24N2O4.C16H16N2O4.CH4/c1-11-12(2)18(24)21(17(11)23)9-15-6-5-7-16(8-15)10-22-19(25)13(3)14(4)20(22)26;1-9-6-13(19)17(15(9)21)11-4-3-5-12(8-11)18-14(20)7-10(2)16(18)22;/h5-8,11-14H,9-10H2,1-4H3;3-5,8-10H,6-7H2,1-2H3;1H4. The van der Waals surface area contributed by atoms with Gasteiger partial charge in [-0.15, -0.1) is 0 Å². The maximum Gasteiger partial charge on any atom is 0.237 e.